The van der Waals surface area contributed by atoms with E-state index in [0.717, 1.165) is 31.0 Å². The van der Waals surface area contributed by atoms with E-state index >= 15 is 0 Å². The first-order valence-electron chi connectivity index (χ1n) is 8.63. The van der Waals surface area contributed by atoms with Gasteiger partial charge in [0.2, 0.25) is 5.95 Å². The minimum absolute atomic E-state index is 0.0577. The van der Waals surface area contributed by atoms with E-state index in [4.69, 9.17) is 0 Å². The van der Waals surface area contributed by atoms with Crippen LogP contribution in [0.25, 0.3) is 0 Å². The van der Waals surface area contributed by atoms with Crippen molar-refractivity contribution in [2.45, 2.75) is 32.3 Å². The molecule has 0 bridgehead atoms. The monoisotopic (exact) mass is 343 g/mol. The molecule has 2 heterocycles. The van der Waals surface area contributed by atoms with Gasteiger partial charge in [-0.3, -0.25) is 4.79 Å². The van der Waals surface area contributed by atoms with Crippen LogP contribution in [0.4, 0.5) is 5.95 Å². The van der Waals surface area contributed by atoms with Crippen LogP contribution in [0, 0.1) is 0 Å². The molecule has 1 aliphatic heterocycles. The molecule has 3 rings (SSSR count). The van der Waals surface area contributed by atoms with Crippen molar-refractivity contribution in [3.05, 3.63) is 41.7 Å². The van der Waals surface area contributed by atoms with Crippen LogP contribution in [0.5, 0.6) is 0 Å². The lowest BCUT2D eigenvalue weighted by molar-refractivity contribution is 0.0714. The minimum atomic E-state index is -0.697. The van der Waals surface area contributed by atoms with E-state index in [1.54, 1.807) is 13.8 Å². The second kappa shape index (κ2) is 7.23. The Morgan fingerprint density at radius 1 is 1.28 bits per heavy atom. The van der Waals surface area contributed by atoms with Gasteiger partial charge in [0.05, 0.1) is 5.60 Å². The Balaban J connectivity index is 1.60. The number of hydrogen-bond donors (Lipinski definition) is 2. The van der Waals surface area contributed by atoms with Crippen LogP contribution in [0.1, 0.15) is 36.2 Å². The molecule has 0 unspecified atom stereocenters. The number of aromatic nitrogens is 3. The zero-order valence-corrected chi connectivity index (χ0v) is 14.8. The second-order valence-electron chi connectivity index (χ2n) is 7.10. The molecule has 0 saturated carbocycles. The number of anilines is 1. The number of nitrogens with zero attached hydrogens (tertiary/aromatic N) is 4. The van der Waals surface area contributed by atoms with Crippen molar-refractivity contribution >= 4 is 11.9 Å². The van der Waals surface area contributed by atoms with Crippen molar-refractivity contribution in [3.8, 4) is 0 Å². The lowest BCUT2D eigenvalue weighted by atomic mass is 9.97. The second-order valence-corrected chi connectivity index (χ2v) is 7.10. The van der Waals surface area contributed by atoms with Crippen molar-refractivity contribution in [1.29, 1.82) is 0 Å². The number of piperazine rings is 1. The Hall–Kier alpha value is -2.41. The van der Waals surface area contributed by atoms with Gasteiger partial charge in [-0.25, -0.2) is 5.10 Å². The molecule has 1 aromatic heterocycles. The van der Waals surface area contributed by atoms with E-state index in [-0.39, 0.29) is 5.91 Å². The third-order valence-electron chi connectivity index (χ3n) is 4.47. The lowest BCUT2D eigenvalue weighted by Gasteiger charge is -2.34. The van der Waals surface area contributed by atoms with Crippen LogP contribution < -0.4 is 4.90 Å². The maximum Gasteiger partial charge on any atom is 0.253 e. The van der Waals surface area contributed by atoms with E-state index in [9.17, 15) is 9.90 Å². The van der Waals surface area contributed by atoms with E-state index < -0.39 is 5.60 Å². The molecule has 0 aliphatic carbocycles. The average molecular weight is 343 g/mol. The van der Waals surface area contributed by atoms with Crippen molar-refractivity contribution in [3.63, 3.8) is 0 Å². The van der Waals surface area contributed by atoms with Gasteiger partial charge < -0.3 is 14.9 Å². The fourth-order valence-electron chi connectivity index (χ4n) is 2.97. The molecule has 2 aromatic rings. The molecule has 25 heavy (non-hydrogen) atoms. The third-order valence-corrected chi connectivity index (χ3v) is 4.47. The first-order chi connectivity index (χ1) is 11.9. The molecule has 7 nitrogen and oxygen atoms in total. The number of rotatable bonds is 5. The van der Waals surface area contributed by atoms with Gasteiger partial charge in [-0.05, 0) is 44.4 Å². The smallest absolute Gasteiger partial charge is 0.253 e. The van der Waals surface area contributed by atoms with Gasteiger partial charge in [-0.2, -0.15) is 10.1 Å². The molecule has 1 fully saturated rings. The molecular weight excluding hydrogens is 318 g/mol. The fraction of sp³-hybridized carbons (Fsp3) is 0.500. The van der Waals surface area contributed by atoms with Crippen LogP contribution in [-0.4, -0.2) is 62.9 Å². The number of nitrogens with one attached hydrogen (secondary N) is 1. The van der Waals surface area contributed by atoms with Gasteiger partial charge in [0.25, 0.3) is 5.91 Å². The fourth-order valence-corrected chi connectivity index (χ4v) is 2.97. The lowest BCUT2D eigenvalue weighted by Crippen LogP contribution is -2.49. The average Bonchev–Trinajstić information content (AvgIpc) is 3.14. The number of hydrogen-bond acceptors (Lipinski definition) is 5. The Labute approximate surface area is 147 Å². The summed E-state index contributed by atoms with van der Waals surface area (Å²) in [6, 6.07) is 7.72. The van der Waals surface area contributed by atoms with Crippen LogP contribution >= 0.6 is 0 Å². The molecule has 0 radical (unpaired) electrons. The molecule has 134 valence electrons. The van der Waals surface area contributed by atoms with E-state index in [2.05, 4.69) is 20.1 Å². The summed E-state index contributed by atoms with van der Waals surface area (Å²) in [6.07, 6.45) is 2.91. The number of carbonyl (C=O) groups is 1. The SMILES string of the molecule is CC(C)(O)CCc1cccc(C(=O)N2CCN(c3ncn[nH]3)CC2)c1. The molecular formula is C18H25N5O2. The van der Waals surface area contributed by atoms with Crippen LogP contribution in [0.3, 0.4) is 0 Å². The quantitative estimate of drug-likeness (QED) is 0.859. The van der Waals surface area contributed by atoms with E-state index in [1.165, 1.54) is 6.33 Å². The zero-order chi connectivity index (χ0) is 17.9. The standard InChI is InChI=1S/C18H25N5O2/c1-18(2,25)7-6-14-4-3-5-15(12-14)16(24)22-8-10-23(11-9-22)17-19-13-20-21-17/h3-5,12-13,25H,6-11H2,1-2H3,(H,19,20,21). The van der Waals surface area contributed by atoms with E-state index in [1.807, 2.05) is 29.2 Å². The zero-order valence-electron chi connectivity index (χ0n) is 14.8. The largest absolute Gasteiger partial charge is 0.390 e. The summed E-state index contributed by atoms with van der Waals surface area (Å²) in [5.41, 5.74) is 1.09. The van der Waals surface area contributed by atoms with Gasteiger partial charge in [-0.1, -0.05) is 12.1 Å². The highest BCUT2D eigenvalue weighted by Crippen LogP contribution is 2.17. The number of carbonyl (C=O) groups excluding carboxylic acids is 1. The topological polar surface area (TPSA) is 85.3 Å². The summed E-state index contributed by atoms with van der Waals surface area (Å²) in [6.45, 7) is 6.39. The minimum Gasteiger partial charge on any atom is -0.390 e. The van der Waals surface area contributed by atoms with Gasteiger partial charge in [0.15, 0.2) is 0 Å². The Bertz CT molecular complexity index is 701. The first-order valence-corrected chi connectivity index (χ1v) is 8.63. The van der Waals surface area contributed by atoms with Gasteiger partial charge >= 0.3 is 0 Å². The van der Waals surface area contributed by atoms with Crippen molar-refractivity contribution in [2.75, 3.05) is 31.1 Å². The normalized spacial score (nSPS) is 15.5. The predicted molar refractivity (Wildman–Crippen MR) is 95.6 cm³/mol. The number of amides is 1. The summed E-state index contributed by atoms with van der Waals surface area (Å²) < 4.78 is 0. The Morgan fingerprint density at radius 3 is 2.68 bits per heavy atom. The summed E-state index contributed by atoms with van der Waals surface area (Å²) in [4.78, 5) is 20.9. The maximum atomic E-state index is 12.8. The van der Waals surface area contributed by atoms with E-state index in [0.29, 0.717) is 25.1 Å². The number of H-pyrrole nitrogens is 1. The van der Waals surface area contributed by atoms with Crippen molar-refractivity contribution < 1.29 is 9.90 Å². The third kappa shape index (κ3) is 4.57. The Kier molecular flexibility index (Phi) is 5.03. The highest BCUT2D eigenvalue weighted by atomic mass is 16.3. The summed E-state index contributed by atoms with van der Waals surface area (Å²) in [5, 5.41) is 16.6. The number of aryl methyl sites for hydroxylation is 1. The highest BCUT2D eigenvalue weighted by molar-refractivity contribution is 5.94. The van der Waals surface area contributed by atoms with Crippen molar-refractivity contribution in [1.82, 2.24) is 20.1 Å². The highest BCUT2D eigenvalue weighted by Gasteiger charge is 2.23. The van der Waals surface area contributed by atoms with Gasteiger partial charge in [-0.15, -0.1) is 0 Å². The summed E-state index contributed by atoms with van der Waals surface area (Å²) in [5.74, 6) is 0.808. The van der Waals surface area contributed by atoms with Crippen LogP contribution in [0.2, 0.25) is 0 Å². The number of aromatic amines is 1. The summed E-state index contributed by atoms with van der Waals surface area (Å²) >= 11 is 0. The number of aliphatic hydroxyl groups is 1. The Morgan fingerprint density at radius 2 is 2.04 bits per heavy atom. The molecule has 0 atom stereocenters. The van der Waals surface area contributed by atoms with Crippen LogP contribution in [-0.2, 0) is 6.42 Å². The maximum absolute atomic E-state index is 12.8. The molecule has 1 saturated heterocycles. The molecule has 0 spiro atoms. The summed E-state index contributed by atoms with van der Waals surface area (Å²) in [7, 11) is 0. The van der Waals surface area contributed by atoms with Crippen LogP contribution in [0.15, 0.2) is 30.6 Å². The molecule has 7 heteroatoms. The van der Waals surface area contributed by atoms with Crippen molar-refractivity contribution in [2.24, 2.45) is 0 Å². The number of benzene rings is 1. The van der Waals surface area contributed by atoms with Gasteiger partial charge in [0.1, 0.15) is 6.33 Å². The predicted octanol–water partition coefficient (Wildman–Crippen LogP) is 1.47. The molecule has 1 aliphatic rings. The molecule has 2 N–H and O–H groups in total. The van der Waals surface area contributed by atoms with Gasteiger partial charge in [0, 0.05) is 31.7 Å². The molecule has 1 aromatic carbocycles. The molecule has 1 amide bonds. The first kappa shape index (κ1) is 17.4.